The fourth-order valence-electron chi connectivity index (χ4n) is 1.86. The summed E-state index contributed by atoms with van der Waals surface area (Å²) in [4.78, 5) is 32.0. The minimum Gasteiger partial charge on any atom is -0.307 e. The van der Waals surface area contributed by atoms with Crippen LogP contribution in [0.3, 0.4) is 0 Å². The number of nitrogens with one attached hydrogen (secondary N) is 3. The van der Waals surface area contributed by atoms with Crippen LogP contribution in [0.4, 0.5) is 10.5 Å². The van der Waals surface area contributed by atoms with Gasteiger partial charge in [-0.3, -0.25) is 15.2 Å². The minimum atomic E-state index is -0.544. The lowest BCUT2D eigenvalue weighted by Crippen LogP contribution is -2.44. The number of para-hydroxylation sites is 1. The van der Waals surface area contributed by atoms with Crippen molar-refractivity contribution >= 4 is 29.0 Å². The van der Waals surface area contributed by atoms with Gasteiger partial charge in [0.2, 0.25) is 0 Å². The molecular weight excluding hydrogens is 326 g/mol. The summed E-state index contributed by atoms with van der Waals surface area (Å²) in [6.07, 6.45) is 3.34. The summed E-state index contributed by atoms with van der Waals surface area (Å²) in [7, 11) is 0. The Hall–Kier alpha value is -3.26. The molecule has 2 aromatic heterocycles. The Bertz CT molecular complexity index is 836. The van der Waals surface area contributed by atoms with E-state index >= 15 is 0 Å². The lowest BCUT2D eigenvalue weighted by Gasteiger charge is -2.07. The highest BCUT2D eigenvalue weighted by atomic mass is 32.1. The zero-order valence-electron chi connectivity index (χ0n) is 12.4. The molecule has 2 heterocycles. The van der Waals surface area contributed by atoms with E-state index in [1.165, 1.54) is 11.3 Å². The van der Waals surface area contributed by atoms with Gasteiger partial charge in [-0.25, -0.2) is 15.2 Å². The predicted molar refractivity (Wildman–Crippen MR) is 91.4 cm³/mol. The second kappa shape index (κ2) is 7.34. The Kier molecular flexibility index (Phi) is 4.78. The number of nitrogens with zero attached hydrogens (tertiary/aromatic N) is 2. The average Bonchev–Trinajstić information content (AvgIpc) is 3.11. The van der Waals surface area contributed by atoms with Crippen LogP contribution < -0.4 is 16.2 Å². The number of benzene rings is 1. The smallest absolute Gasteiger partial charge is 0.307 e. The second-order valence-corrected chi connectivity index (χ2v) is 5.54. The van der Waals surface area contributed by atoms with Crippen molar-refractivity contribution in [3.8, 4) is 10.6 Å². The molecule has 120 valence electrons. The lowest BCUT2D eigenvalue weighted by molar-refractivity contribution is 0.0933. The van der Waals surface area contributed by atoms with Crippen LogP contribution in [-0.2, 0) is 0 Å². The Morgan fingerprint density at radius 3 is 2.58 bits per heavy atom. The lowest BCUT2D eigenvalue weighted by atomic mass is 10.3. The first-order chi connectivity index (χ1) is 11.7. The van der Waals surface area contributed by atoms with Crippen molar-refractivity contribution < 1.29 is 9.59 Å². The van der Waals surface area contributed by atoms with Crippen molar-refractivity contribution in [3.63, 3.8) is 0 Å². The van der Waals surface area contributed by atoms with E-state index in [-0.39, 0.29) is 5.69 Å². The number of aromatic nitrogens is 2. The van der Waals surface area contributed by atoms with E-state index in [2.05, 4.69) is 26.1 Å². The molecule has 3 amide bonds. The number of urea groups is 1. The van der Waals surface area contributed by atoms with E-state index in [9.17, 15) is 9.59 Å². The highest BCUT2D eigenvalue weighted by molar-refractivity contribution is 7.13. The quantitative estimate of drug-likeness (QED) is 0.639. The number of pyridine rings is 1. The topological polar surface area (TPSA) is 96.0 Å². The highest BCUT2D eigenvalue weighted by Crippen LogP contribution is 2.22. The van der Waals surface area contributed by atoms with Crippen molar-refractivity contribution in [2.75, 3.05) is 5.32 Å². The zero-order valence-corrected chi connectivity index (χ0v) is 13.2. The number of rotatable bonds is 3. The van der Waals surface area contributed by atoms with Gasteiger partial charge >= 0.3 is 6.03 Å². The maximum atomic E-state index is 12.0. The normalized spacial score (nSPS) is 10.0. The largest absolute Gasteiger partial charge is 0.337 e. The van der Waals surface area contributed by atoms with Gasteiger partial charge in [-0.15, -0.1) is 11.3 Å². The summed E-state index contributed by atoms with van der Waals surface area (Å²) in [6, 6.07) is 12.0. The van der Waals surface area contributed by atoms with Crippen LogP contribution >= 0.6 is 11.3 Å². The number of thiazole rings is 1. The molecule has 0 saturated heterocycles. The van der Waals surface area contributed by atoms with Gasteiger partial charge in [0.25, 0.3) is 5.91 Å². The molecule has 0 saturated carbocycles. The highest BCUT2D eigenvalue weighted by Gasteiger charge is 2.12. The van der Waals surface area contributed by atoms with Gasteiger partial charge in [0, 0.05) is 29.0 Å². The molecular formula is C16H13N5O2S. The summed E-state index contributed by atoms with van der Waals surface area (Å²) < 4.78 is 0. The van der Waals surface area contributed by atoms with E-state index in [0.717, 1.165) is 5.56 Å². The van der Waals surface area contributed by atoms with Crippen LogP contribution in [0.5, 0.6) is 0 Å². The molecule has 0 unspecified atom stereocenters. The molecule has 0 bridgehead atoms. The van der Waals surface area contributed by atoms with Gasteiger partial charge in [0.15, 0.2) is 0 Å². The van der Waals surface area contributed by atoms with Crippen LogP contribution in [0.15, 0.2) is 60.2 Å². The van der Waals surface area contributed by atoms with Crippen molar-refractivity contribution in [1.29, 1.82) is 0 Å². The van der Waals surface area contributed by atoms with Gasteiger partial charge in [0.1, 0.15) is 10.7 Å². The van der Waals surface area contributed by atoms with E-state index in [0.29, 0.717) is 10.7 Å². The predicted octanol–water partition coefficient (Wildman–Crippen LogP) is 2.67. The van der Waals surface area contributed by atoms with Crippen LogP contribution in [-0.4, -0.2) is 21.9 Å². The third kappa shape index (κ3) is 3.93. The fourth-order valence-corrected chi connectivity index (χ4v) is 2.65. The van der Waals surface area contributed by atoms with E-state index in [4.69, 9.17) is 0 Å². The molecule has 0 radical (unpaired) electrons. The Morgan fingerprint density at radius 2 is 1.83 bits per heavy atom. The van der Waals surface area contributed by atoms with Gasteiger partial charge < -0.3 is 5.32 Å². The average molecular weight is 339 g/mol. The first-order valence-electron chi connectivity index (χ1n) is 7.01. The van der Waals surface area contributed by atoms with E-state index in [1.807, 2.05) is 12.1 Å². The number of hydrazine groups is 1. The van der Waals surface area contributed by atoms with Gasteiger partial charge in [0.05, 0.1) is 0 Å². The molecule has 8 heteroatoms. The summed E-state index contributed by atoms with van der Waals surface area (Å²) in [5.74, 6) is -0.496. The number of hydrogen-bond donors (Lipinski definition) is 3. The first kappa shape index (κ1) is 15.6. The third-order valence-electron chi connectivity index (χ3n) is 2.97. The summed E-state index contributed by atoms with van der Waals surface area (Å²) >= 11 is 1.33. The molecule has 1 aromatic carbocycles. The Morgan fingerprint density at radius 1 is 1.00 bits per heavy atom. The Labute approximate surface area is 141 Å². The summed E-state index contributed by atoms with van der Waals surface area (Å²) in [5, 5.41) is 4.89. The number of carbonyl (C=O) groups excluding carboxylic acids is 2. The summed E-state index contributed by atoms with van der Waals surface area (Å²) in [5.41, 5.74) is 6.27. The molecule has 24 heavy (non-hydrogen) atoms. The molecule has 0 aliphatic rings. The van der Waals surface area contributed by atoms with E-state index in [1.54, 1.807) is 48.1 Å². The monoisotopic (exact) mass is 339 g/mol. The van der Waals surface area contributed by atoms with Crippen LogP contribution in [0, 0.1) is 0 Å². The molecule has 0 fully saturated rings. The maximum Gasteiger partial charge on any atom is 0.337 e. The standard InChI is InChI=1S/C16H13N5O2S/c22-14(20-21-16(23)18-12-6-2-1-3-7-12)13-10-24-15(19-13)11-5-4-8-17-9-11/h1-10H,(H,20,22)(H2,18,21,23). The van der Waals surface area contributed by atoms with Crippen molar-refractivity contribution in [2.24, 2.45) is 0 Å². The van der Waals surface area contributed by atoms with Crippen LogP contribution in [0.25, 0.3) is 10.6 Å². The van der Waals surface area contributed by atoms with Crippen molar-refractivity contribution in [3.05, 3.63) is 65.9 Å². The number of anilines is 1. The molecule has 3 N–H and O–H groups in total. The molecule has 0 aliphatic heterocycles. The first-order valence-corrected chi connectivity index (χ1v) is 7.88. The maximum absolute atomic E-state index is 12.0. The molecule has 3 rings (SSSR count). The van der Waals surface area contributed by atoms with Gasteiger partial charge in [-0.1, -0.05) is 18.2 Å². The molecule has 0 aliphatic carbocycles. The van der Waals surface area contributed by atoms with Crippen molar-refractivity contribution in [1.82, 2.24) is 20.8 Å². The van der Waals surface area contributed by atoms with Crippen LogP contribution in [0.2, 0.25) is 0 Å². The number of amides is 3. The van der Waals surface area contributed by atoms with Gasteiger partial charge in [-0.2, -0.15) is 0 Å². The minimum absolute atomic E-state index is 0.221. The van der Waals surface area contributed by atoms with Crippen LogP contribution in [0.1, 0.15) is 10.5 Å². The fraction of sp³-hybridized carbons (Fsp3) is 0. The SMILES string of the molecule is O=C(NNC(=O)c1csc(-c2cccnc2)n1)Nc1ccccc1. The molecule has 7 nitrogen and oxygen atoms in total. The molecule has 3 aromatic rings. The van der Waals surface area contributed by atoms with Gasteiger partial charge in [-0.05, 0) is 24.3 Å². The van der Waals surface area contributed by atoms with E-state index < -0.39 is 11.9 Å². The number of carbonyl (C=O) groups is 2. The zero-order chi connectivity index (χ0) is 16.8. The Balaban J connectivity index is 1.56. The number of hydrogen-bond acceptors (Lipinski definition) is 5. The molecule has 0 atom stereocenters. The summed E-state index contributed by atoms with van der Waals surface area (Å²) in [6.45, 7) is 0. The second-order valence-electron chi connectivity index (χ2n) is 4.68. The van der Waals surface area contributed by atoms with Crippen molar-refractivity contribution in [2.45, 2.75) is 0 Å². The third-order valence-corrected chi connectivity index (χ3v) is 3.86. The molecule has 0 spiro atoms.